The van der Waals surface area contributed by atoms with Gasteiger partial charge in [0.2, 0.25) is 0 Å². The summed E-state index contributed by atoms with van der Waals surface area (Å²) in [6, 6.07) is 8.00. The van der Waals surface area contributed by atoms with Gasteiger partial charge in [-0.05, 0) is 37.5 Å². The molecule has 3 rings (SSSR count). The highest BCUT2D eigenvalue weighted by Crippen LogP contribution is 2.24. The lowest BCUT2D eigenvalue weighted by molar-refractivity contribution is 0.0630. The number of carbonyl (C=O) groups excluding carboxylic acids is 1. The first-order valence-corrected chi connectivity index (χ1v) is 8.15. The molecule has 0 unspecified atom stereocenters. The highest BCUT2D eigenvalue weighted by molar-refractivity contribution is 5.95. The van der Waals surface area contributed by atoms with E-state index in [9.17, 15) is 4.79 Å². The molecule has 1 aromatic carbocycles. The summed E-state index contributed by atoms with van der Waals surface area (Å²) in [6.07, 6.45) is 5.91. The average Bonchev–Trinajstić information content (AvgIpc) is 3.24. The summed E-state index contributed by atoms with van der Waals surface area (Å²) < 4.78 is 7.13. The van der Waals surface area contributed by atoms with Crippen molar-refractivity contribution in [2.24, 2.45) is 0 Å². The summed E-state index contributed by atoms with van der Waals surface area (Å²) in [7, 11) is 1.69. The summed E-state index contributed by atoms with van der Waals surface area (Å²) in [6.45, 7) is 4.31. The van der Waals surface area contributed by atoms with Gasteiger partial charge in [-0.15, -0.1) is 0 Å². The topological polar surface area (TPSA) is 47.4 Å². The Labute approximate surface area is 136 Å². The van der Waals surface area contributed by atoms with E-state index in [2.05, 4.69) is 12.0 Å². The van der Waals surface area contributed by atoms with Crippen molar-refractivity contribution in [2.45, 2.75) is 32.4 Å². The van der Waals surface area contributed by atoms with E-state index in [1.807, 2.05) is 46.2 Å². The predicted octanol–water partition coefficient (Wildman–Crippen LogP) is 2.82. The van der Waals surface area contributed by atoms with Crippen molar-refractivity contribution in [1.29, 1.82) is 0 Å². The number of amides is 1. The number of hydrogen-bond donors (Lipinski definition) is 0. The zero-order chi connectivity index (χ0) is 16.2. The number of methoxy groups -OCH3 is 1. The largest absolute Gasteiger partial charge is 0.383 e. The molecule has 2 aromatic rings. The number of rotatable bonds is 5. The zero-order valence-corrected chi connectivity index (χ0v) is 13.7. The number of carbonyl (C=O) groups is 1. The quantitative estimate of drug-likeness (QED) is 0.853. The van der Waals surface area contributed by atoms with Gasteiger partial charge in [0.1, 0.15) is 0 Å². The van der Waals surface area contributed by atoms with Crippen molar-refractivity contribution in [3.05, 3.63) is 42.2 Å². The van der Waals surface area contributed by atoms with Crippen LogP contribution >= 0.6 is 0 Å². The first-order chi connectivity index (χ1) is 11.2. The van der Waals surface area contributed by atoms with Crippen molar-refractivity contribution in [2.75, 3.05) is 20.3 Å². The van der Waals surface area contributed by atoms with Crippen LogP contribution in [0.1, 0.15) is 30.1 Å². The Balaban J connectivity index is 1.83. The van der Waals surface area contributed by atoms with Gasteiger partial charge in [0.25, 0.3) is 5.91 Å². The first-order valence-electron chi connectivity index (χ1n) is 8.15. The highest BCUT2D eigenvalue weighted by Gasteiger charge is 2.29. The fourth-order valence-corrected chi connectivity index (χ4v) is 3.15. The van der Waals surface area contributed by atoms with Crippen LogP contribution in [0.5, 0.6) is 0 Å². The Morgan fingerprint density at radius 2 is 2.26 bits per heavy atom. The van der Waals surface area contributed by atoms with E-state index in [-0.39, 0.29) is 11.9 Å². The summed E-state index contributed by atoms with van der Waals surface area (Å²) >= 11 is 0. The van der Waals surface area contributed by atoms with Gasteiger partial charge in [-0.1, -0.05) is 12.1 Å². The molecule has 23 heavy (non-hydrogen) atoms. The van der Waals surface area contributed by atoms with Gasteiger partial charge in [0, 0.05) is 37.5 Å². The molecule has 5 nitrogen and oxygen atoms in total. The van der Waals surface area contributed by atoms with Crippen LogP contribution in [-0.4, -0.2) is 46.9 Å². The van der Waals surface area contributed by atoms with Crippen LogP contribution in [-0.2, 0) is 11.3 Å². The van der Waals surface area contributed by atoms with Gasteiger partial charge in [0.15, 0.2) is 0 Å². The predicted molar refractivity (Wildman–Crippen MR) is 89.3 cm³/mol. The fraction of sp³-hybridized carbons (Fsp3) is 0.444. The van der Waals surface area contributed by atoms with Crippen LogP contribution in [0.4, 0.5) is 0 Å². The van der Waals surface area contributed by atoms with Crippen molar-refractivity contribution in [1.82, 2.24) is 14.7 Å². The van der Waals surface area contributed by atoms with Crippen LogP contribution in [0.15, 0.2) is 36.7 Å². The molecule has 0 radical (unpaired) electrons. The van der Waals surface area contributed by atoms with E-state index in [1.54, 1.807) is 7.11 Å². The van der Waals surface area contributed by atoms with E-state index in [1.165, 1.54) is 0 Å². The number of ether oxygens (including phenoxy) is 1. The molecule has 1 saturated heterocycles. The van der Waals surface area contributed by atoms with Crippen LogP contribution in [0.25, 0.3) is 11.1 Å². The van der Waals surface area contributed by atoms with Gasteiger partial charge in [-0.3, -0.25) is 9.48 Å². The minimum absolute atomic E-state index is 0.0919. The van der Waals surface area contributed by atoms with Crippen LogP contribution in [0, 0.1) is 0 Å². The molecule has 1 fully saturated rings. The molecule has 0 aliphatic carbocycles. The van der Waals surface area contributed by atoms with E-state index >= 15 is 0 Å². The molecule has 1 aliphatic heterocycles. The fourth-order valence-electron chi connectivity index (χ4n) is 3.15. The summed E-state index contributed by atoms with van der Waals surface area (Å²) in [5, 5.41) is 4.30. The third-order valence-corrected chi connectivity index (χ3v) is 4.40. The van der Waals surface area contributed by atoms with E-state index in [0.29, 0.717) is 6.61 Å². The second-order valence-electron chi connectivity index (χ2n) is 5.92. The van der Waals surface area contributed by atoms with E-state index in [4.69, 9.17) is 4.74 Å². The van der Waals surface area contributed by atoms with Gasteiger partial charge < -0.3 is 9.64 Å². The maximum atomic E-state index is 12.8. The number of benzene rings is 1. The van der Waals surface area contributed by atoms with Crippen molar-refractivity contribution in [3.63, 3.8) is 0 Å². The van der Waals surface area contributed by atoms with Crippen LogP contribution < -0.4 is 0 Å². The maximum absolute atomic E-state index is 12.8. The molecule has 1 atom stereocenters. The lowest BCUT2D eigenvalue weighted by Crippen LogP contribution is -2.38. The molecule has 0 saturated carbocycles. The molecular weight excluding hydrogens is 290 g/mol. The Morgan fingerprint density at radius 1 is 1.39 bits per heavy atom. The number of aromatic nitrogens is 2. The first kappa shape index (κ1) is 15.7. The SMILES string of the molecule is CCn1cc(-c2cccc(C(=O)N3CCC[C@H]3COC)c2)cn1. The minimum atomic E-state index is 0.0919. The summed E-state index contributed by atoms with van der Waals surface area (Å²) in [5.74, 6) is 0.0919. The second kappa shape index (κ2) is 6.96. The molecule has 0 spiro atoms. The molecule has 1 aromatic heterocycles. The summed E-state index contributed by atoms with van der Waals surface area (Å²) in [5.41, 5.74) is 2.80. The molecular formula is C18H23N3O2. The zero-order valence-electron chi connectivity index (χ0n) is 13.7. The normalized spacial score (nSPS) is 17.7. The van der Waals surface area contributed by atoms with Crippen LogP contribution in [0.2, 0.25) is 0 Å². The lowest BCUT2D eigenvalue weighted by atomic mass is 10.1. The van der Waals surface area contributed by atoms with Gasteiger partial charge in [0.05, 0.1) is 18.8 Å². The molecule has 0 bridgehead atoms. The highest BCUT2D eigenvalue weighted by atomic mass is 16.5. The Hall–Kier alpha value is -2.14. The average molecular weight is 313 g/mol. The number of likely N-dealkylation sites (tertiary alicyclic amines) is 1. The standard InChI is InChI=1S/C18H23N3O2/c1-3-20-12-16(11-19-20)14-6-4-7-15(10-14)18(22)21-9-5-8-17(21)13-23-2/h4,6-7,10-12,17H,3,5,8-9,13H2,1-2H3/t17-/m0/s1. The smallest absolute Gasteiger partial charge is 0.254 e. The number of hydrogen-bond acceptors (Lipinski definition) is 3. The Morgan fingerprint density at radius 3 is 3.00 bits per heavy atom. The number of nitrogens with zero attached hydrogens (tertiary/aromatic N) is 3. The van der Waals surface area contributed by atoms with Crippen molar-refractivity contribution < 1.29 is 9.53 Å². The van der Waals surface area contributed by atoms with E-state index in [0.717, 1.165) is 42.6 Å². The molecule has 0 N–H and O–H groups in total. The third-order valence-electron chi connectivity index (χ3n) is 4.40. The maximum Gasteiger partial charge on any atom is 0.254 e. The molecule has 2 heterocycles. The molecule has 1 amide bonds. The monoisotopic (exact) mass is 313 g/mol. The second-order valence-corrected chi connectivity index (χ2v) is 5.92. The van der Waals surface area contributed by atoms with Gasteiger partial charge >= 0.3 is 0 Å². The third kappa shape index (κ3) is 3.29. The minimum Gasteiger partial charge on any atom is -0.383 e. The van der Waals surface area contributed by atoms with Crippen molar-refractivity contribution >= 4 is 5.91 Å². The number of aryl methyl sites for hydroxylation is 1. The van der Waals surface area contributed by atoms with Crippen molar-refractivity contribution in [3.8, 4) is 11.1 Å². The molecule has 5 heteroatoms. The Kier molecular flexibility index (Phi) is 4.76. The lowest BCUT2D eigenvalue weighted by Gasteiger charge is -2.24. The van der Waals surface area contributed by atoms with Gasteiger partial charge in [-0.2, -0.15) is 5.10 Å². The molecule has 122 valence electrons. The van der Waals surface area contributed by atoms with E-state index < -0.39 is 0 Å². The summed E-state index contributed by atoms with van der Waals surface area (Å²) in [4.78, 5) is 14.8. The Bertz CT molecular complexity index is 680. The molecule has 1 aliphatic rings. The van der Waals surface area contributed by atoms with Crippen LogP contribution in [0.3, 0.4) is 0 Å². The van der Waals surface area contributed by atoms with Gasteiger partial charge in [-0.25, -0.2) is 0 Å².